The van der Waals surface area contributed by atoms with Gasteiger partial charge in [-0.05, 0) is 48.7 Å². The van der Waals surface area contributed by atoms with Crippen molar-refractivity contribution in [3.63, 3.8) is 0 Å². The molecule has 0 atom stereocenters. The van der Waals surface area contributed by atoms with Gasteiger partial charge in [-0.2, -0.15) is 0 Å². The van der Waals surface area contributed by atoms with E-state index in [1.807, 2.05) is 35.2 Å². The second-order valence-corrected chi connectivity index (χ2v) is 6.76. The molecule has 0 unspecified atom stereocenters. The number of rotatable bonds is 4. The van der Waals surface area contributed by atoms with Crippen molar-refractivity contribution in [3.05, 3.63) is 76.8 Å². The summed E-state index contributed by atoms with van der Waals surface area (Å²) in [7, 11) is 0. The molecule has 3 rings (SSSR count). The van der Waals surface area contributed by atoms with Crippen LogP contribution in [0.2, 0.25) is 5.02 Å². The van der Waals surface area contributed by atoms with Crippen LogP contribution >= 0.6 is 11.6 Å². The van der Waals surface area contributed by atoms with Crippen LogP contribution in [0.15, 0.2) is 60.7 Å². The molecule has 1 aliphatic heterocycles. The van der Waals surface area contributed by atoms with Crippen molar-refractivity contribution in [2.75, 3.05) is 13.1 Å². The molecule has 2 aromatic carbocycles. The summed E-state index contributed by atoms with van der Waals surface area (Å²) in [4.78, 5) is 26.3. The van der Waals surface area contributed by atoms with Crippen molar-refractivity contribution < 1.29 is 9.59 Å². The van der Waals surface area contributed by atoms with Crippen molar-refractivity contribution >= 4 is 29.5 Å². The van der Waals surface area contributed by atoms with E-state index < -0.39 is 0 Å². The molecule has 1 fully saturated rings. The van der Waals surface area contributed by atoms with Gasteiger partial charge in [-0.15, -0.1) is 0 Å². The van der Waals surface area contributed by atoms with E-state index in [9.17, 15) is 9.59 Å². The van der Waals surface area contributed by atoms with E-state index in [-0.39, 0.29) is 17.9 Å². The van der Waals surface area contributed by atoms with E-state index in [4.69, 9.17) is 11.6 Å². The average Bonchev–Trinajstić information content (AvgIpc) is 2.68. The molecule has 26 heavy (non-hydrogen) atoms. The standard InChI is InChI=1S/C21H21ClN2O2/c22-18-9-6-16(7-10-18)8-11-20(25)24-14-12-19(13-15-24)23-21(26)17-4-2-1-3-5-17/h1-11,19H,12-15H2,(H,23,26)/b11-8+. The van der Waals surface area contributed by atoms with Crippen LogP contribution in [0.3, 0.4) is 0 Å². The minimum absolute atomic E-state index is 0.00668. The predicted octanol–water partition coefficient (Wildman–Crippen LogP) is 3.77. The topological polar surface area (TPSA) is 49.4 Å². The van der Waals surface area contributed by atoms with Crippen molar-refractivity contribution in [2.45, 2.75) is 18.9 Å². The van der Waals surface area contributed by atoms with Crippen LogP contribution in [0, 0.1) is 0 Å². The Balaban J connectivity index is 1.48. The molecule has 1 heterocycles. The fourth-order valence-electron chi connectivity index (χ4n) is 2.95. The molecule has 1 aliphatic rings. The first kappa shape index (κ1) is 18.2. The van der Waals surface area contributed by atoms with Crippen LogP contribution in [-0.2, 0) is 4.79 Å². The first-order valence-corrected chi connectivity index (χ1v) is 9.08. The summed E-state index contributed by atoms with van der Waals surface area (Å²) in [6.07, 6.45) is 4.91. The van der Waals surface area contributed by atoms with Gasteiger partial charge >= 0.3 is 0 Å². The van der Waals surface area contributed by atoms with Gasteiger partial charge in [0.2, 0.25) is 5.91 Å². The molecule has 0 spiro atoms. The summed E-state index contributed by atoms with van der Waals surface area (Å²) < 4.78 is 0. The fraction of sp³-hybridized carbons (Fsp3) is 0.238. The monoisotopic (exact) mass is 368 g/mol. The molecule has 2 amide bonds. The van der Waals surface area contributed by atoms with Crippen molar-refractivity contribution in [2.24, 2.45) is 0 Å². The Morgan fingerprint density at radius 2 is 1.65 bits per heavy atom. The zero-order valence-corrected chi connectivity index (χ0v) is 15.2. The zero-order chi connectivity index (χ0) is 18.4. The number of likely N-dealkylation sites (tertiary alicyclic amines) is 1. The number of hydrogen-bond acceptors (Lipinski definition) is 2. The van der Waals surface area contributed by atoms with E-state index in [0.29, 0.717) is 23.7 Å². The van der Waals surface area contributed by atoms with Crippen LogP contribution in [0.5, 0.6) is 0 Å². The lowest BCUT2D eigenvalue weighted by atomic mass is 10.0. The van der Waals surface area contributed by atoms with Gasteiger partial charge in [0.1, 0.15) is 0 Å². The SMILES string of the molecule is O=C(NC1CCN(C(=O)/C=C/c2ccc(Cl)cc2)CC1)c1ccccc1. The van der Waals surface area contributed by atoms with E-state index in [2.05, 4.69) is 5.32 Å². The second-order valence-electron chi connectivity index (χ2n) is 6.32. The van der Waals surface area contributed by atoms with Gasteiger partial charge in [0, 0.05) is 35.8 Å². The highest BCUT2D eigenvalue weighted by molar-refractivity contribution is 6.30. The van der Waals surface area contributed by atoms with Crippen LogP contribution in [0.1, 0.15) is 28.8 Å². The number of hydrogen-bond donors (Lipinski definition) is 1. The van der Waals surface area contributed by atoms with E-state index in [1.54, 1.807) is 36.4 Å². The minimum atomic E-state index is -0.0574. The molecule has 4 nitrogen and oxygen atoms in total. The number of piperidine rings is 1. The molecule has 2 aromatic rings. The Kier molecular flexibility index (Phi) is 6.08. The first-order valence-electron chi connectivity index (χ1n) is 8.70. The molecule has 5 heteroatoms. The number of carbonyl (C=O) groups is 2. The number of halogens is 1. The summed E-state index contributed by atoms with van der Waals surface area (Å²) in [5, 5.41) is 3.72. The fourth-order valence-corrected chi connectivity index (χ4v) is 3.08. The lowest BCUT2D eigenvalue weighted by molar-refractivity contribution is -0.126. The van der Waals surface area contributed by atoms with Crippen molar-refractivity contribution in [1.82, 2.24) is 10.2 Å². The lowest BCUT2D eigenvalue weighted by Gasteiger charge is -2.31. The quantitative estimate of drug-likeness (QED) is 0.835. The summed E-state index contributed by atoms with van der Waals surface area (Å²) in [6, 6.07) is 16.6. The maximum Gasteiger partial charge on any atom is 0.251 e. The molecule has 1 saturated heterocycles. The third-order valence-corrected chi connectivity index (χ3v) is 4.72. The Bertz CT molecular complexity index is 779. The maximum atomic E-state index is 12.3. The molecule has 0 radical (unpaired) electrons. The van der Waals surface area contributed by atoms with Crippen LogP contribution in [0.4, 0.5) is 0 Å². The normalized spacial score (nSPS) is 15.2. The molecule has 134 valence electrons. The highest BCUT2D eigenvalue weighted by Gasteiger charge is 2.23. The third kappa shape index (κ3) is 4.96. The van der Waals surface area contributed by atoms with Gasteiger partial charge in [-0.3, -0.25) is 9.59 Å². The summed E-state index contributed by atoms with van der Waals surface area (Å²) >= 11 is 5.86. The number of benzene rings is 2. The van der Waals surface area contributed by atoms with Gasteiger partial charge in [-0.25, -0.2) is 0 Å². The lowest BCUT2D eigenvalue weighted by Crippen LogP contribution is -2.46. The molecular formula is C21H21ClN2O2. The van der Waals surface area contributed by atoms with Gasteiger partial charge < -0.3 is 10.2 Å². The van der Waals surface area contributed by atoms with Gasteiger partial charge in [0.15, 0.2) is 0 Å². The predicted molar refractivity (Wildman–Crippen MR) is 104 cm³/mol. The third-order valence-electron chi connectivity index (χ3n) is 4.47. The van der Waals surface area contributed by atoms with Gasteiger partial charge in [0.05, 0.1) is 0 Å². The van der Waals surface area contributed by atoms with E-state index >= 15 is 0 Å². The number of nitrogens with one attached hydrogen (secondary N) is 1. The molecule has 0 saturated carbocycles. The van der Waals surface area contributed by atoms with E-state index in [0.717, 1.165) is 18.4 Å². The van der Waals surface area contributed by atoms with Crippen molar-refractivity contribution in [3.8, 4) is 0 Å². The second kappa shape index (κ2) is 8.68. The van der Waals surface area contributed by atoms with Gasteiger partial charge in [0.25, 0.3) is 5.91 Å². The Labute approximate surface area is 158 Å². The van der Waals surface area contributed by atoms with Crippen LogP contribution in [-0.4, -0.2) is 35.8 Å². The molecule has 0 aromatic heterocycles. The van der Waals surface area contributed by atoms with Gasteiger partial charge in [-0.1, -0.05) is 41.9 Å². The Morgan fingerprint density at radius 1 is 1.00 bits per heavy atom. The Hall–Kier alpha value is -2.59. The van der Waals surface area contributed by atoms with Crippen LogP contribution < -0.4 is 5.32 Å². The summed E-state index contributed by atoms with van der Waals surface area (Å²) in [6.45, 7) is 1.28. The molecule has 0 bridgehead atoms. The number of amides is 2. The smallest absolute Gasteiger partial charge is 0.251 e. The highest BCUT2D eigenvalue weighted by Crippen LogP contribution is 2.14. The van der Waals surface area contributed by atoms with Crippen molar-refractivity contribution in [1.29, 1.82) is 0 Å². The summed E-state index contributed by atoms with van der Waals surface area (Å²) in [5.74, 6) is -0.0641. The van der Waals surface area contributed by atoms with Crippen LogP contribution in [0.25, 0.3) is 6.08 Å². The number of carbonyl (C=O) groups excluding carboxylic acids is 2. The average molecular weight is 369 g/mol. The Morgan fingerprint density at radius 3 is 2.31 bits per heavy atom. The maximum absolute atomic E-state index is 12.3. The molecule has 1 N–H and O–H groups in total. The highest BCUT2D eigenvalue weighted by atomic mass is 35.5. The molecular weight excluding hydrogens is 348 g/mol. The van der Waals surface area contributed by atoms with E-state index in [1.165, 1.54) is 0 Å². The minimum Gasteiger partial charge on any atom is -0.349 e. The first-order chi connectivity index (χ1) is 12.6. The summed E-state index contributed by atoms with van der Waals surface area (Å²) in [5.41, 5.74) is 1.60. The number of nitrogens with zero attached hydrogens (tertiary/aromatic N) is 1. The molecule has 0 aliphatic carbocycles. The largest absolute Gasteiger partial charge is 0.349 e. The zero-order valence-electron chi connectivity index (χ0n) is 14.4.